The van der Waals surface area contributed by atoms with Crippen molar-refractivity contribution in [3.63, 3.8) is 0 Å². The average molecular weight is 195 g/mol. The van der Waals surface area contributed by atoms with Crippen LogP contribution in [-0.4, -0.2) is 28.7 Å². The van der Waals surface area contributed by atoms with Gasteiger partial charge < -0.3 is 9.30 Å². The Balaban J connectivity index is 2.20. The van der Waals surface area contributed by atoms with Crippen LogP contribution in [0, 0.1) is 0 Å². The van der Waals surface area contributed by atoms with Crippen molar-refractivity contribution < 1.29 is 9.53 Å². The molecule has 2 rings (SSSR count). The summed E-state index contributed by atoms with van der Waals surface area (Å²) < 4.78 is 6.64. The first kappa shape index (κ1) is 9.21. The number of nitrogens with one attached hydrogen (secondary N) is 1. The number of aryl methyl sites for hydroxylation is 1. The maximum atomic E-state index is 11.3. The van der Waals surface area contributed by atoms with E-state index in [0.29, 0.717) is 13.0 Å². The van der Waals surface area contributed by atoms with Crippen LogP contribution in [0.3, 0.4) is 0 Å². The van der Waals surface area contributed by atoms with E-state index >= 15 is 0 Å². The smallest absolute Gasteiger partial charge is 0.323 e. The average Bonchev–Trinajstić information content (AvgIpc) is 2.59. The highest BCUT2D eigenvalue weighted by Gasteiger charge is 2.27. The molecule has 0 aromatic carbocycles. The van der Waals surface area contributed by atoms with Gasteiger partial charge in [0, 0.05) is 25.7 Å². The molecule has 0 fully saturated rings. The largest absolute Gasteiger partial charge is 0.468 e. The molecule has 14 heavy (non-hydrogen) atoms. The maximum Gasteiger partial charge on any atom is 0.323 e. The van der Waals surface area contributed by atoms with E-state index in [1.54, 1.807) is 6.33 Å². The van der Waals surface area contributed by atoms with Crippen LogP contribution in [0.25, 0.3) is 0 Å². The van der Waals surface area contributed by atoms with Gasteiger partial charge in [-0.15, -0.1) is 0 Å². The Morgan fingerprint density at radius 3 is 3.29 bits per heavy atom. The number of esters is 1. The van der Waals surface area contributed by atoms with Crippen molar-refractivity contribution in [2.75, 3.05) is 7.11 Å². The zero-order valence-corrected chi connectivity index (χ0v) is 8.28. The highest BCUT2D eigenvalue weighted by molar-refractivity contribution is 5.76. The van der Waals surface area contributed by atoms with Gasteiger partial charge in [-0.2, -0.15) is 0 Å². The summed E-state index contributed by atoms with van der Waals surface area (Å²) in [6.07, 6.45) is 2.42. The molecule has 5 nitrogen and oxygen atoms in total. The molecule has 0 radical (unpaired) electrons. The molecule has 0 aliphatic carbocycles. The van der Waals surface area contributed by atoms with E-state index in [2.05, 4.69) is 10.3 Å². The predicted octanol–water partition coefficient (Wildman–Crippen LogP) is -0.393. The van der Waals surface area contributed by atoms with Gasteiger partial charge in [-0.1, -0.05) is 0 Å². The maximum absolute atomic E-state index is 11.3. The van der Waals surface area contributed by atoms with Gasteiger partial charge in [0.25, 0.3) is 0 Å². The van der Waals surface area contributed by atoms with E-state index in [1.807, 2.05) is 11.6 Å². The van der Waals surface area contributed by atoms with Crippen molar-refractivity contribution in [3.8, 4) is 0 Å². The van der Waals surface area contributed by atoms with Crippen LogP contribution in [0.5, 0.6) is 0 Å². The third-order valence-electron chi connectivity index (χ3n) is 2.54. The van der Waals surface area contributed by atoms with Crippen LogP contribution in [0.15, 0.2) is 6.33 Å². The highest BCUT2D eigenvalue weighted by atomic mass is 16.5. The summed E-state index contributed by atoms with van der Waals surface area (Å²) in [5.74, 6) is -0.211. The molecular formula is C9H13N3O2. The van der Waals surface area contributed by atoms with E-state index in [4.69, 9.17) is 4.74 Å². The van der Waals surface area contributed by atoms with E-state index in [-0.39, 0.29) is 12.0 Å². The monoisotopic (exact) mass is 195 g/mol. The Hall–Kier alpha value is -1.36. The van der Waals surface area contributed by atoms with Crippen LogP contribution < -0.4 is 5.32 Å². The van der Waals surface area contributed by atoms with Gasteiger partial charge in [0.2, 0.25) is 0 Å². The molecule has 0 saturated carbocycles. The SMILES string of the molecule is COC(=O)[C@@H]1Cc2c(ncn2C)CN1. The number of methoxy groups -OCH3 is 1. The van der Waals surface area contributed by atoms with E-state index in [9.17, 15) is 4.79 Å². The Morgan fingerprint density at radius 1 is 1.79 bits per heavy atom. The summed E-state index contributed by atoms with van der Waals surface area (Å²) in [4.78, 5) is 15.5. The molecule has 0 spiro atoms. The number of rotatable bonds is 1. The molecule has 0 saturated heterocycles. The van der Waals surface area contributed by atoms with Gasteiger partial charge in [0.1, 0.15) is 6.04 Å². The third-order valence-corrected chi connectivity index (χ3v) is 2.54. The second-order valence-electron chi connectivity index (χ2n) is 3.41. The Labute approximate surface area is 82.1 Å². The van der Waals surface area contributed by atoms with Crippen LogP contribution in [0.1, 0.15) is 11.4 Å². The predicted molar refractivity (Wildman–Crippen MR) is 49.6 cm³/mol. The minimum absolute atomic E-state index is 0.211. The zero-order valence-electron chi connectivity index (χ0n) is 8.28. The van der Waals surface area contributed by atoms with Crippen LogP contribution in [-0.2, 0) is 29.5 Å². The molecular weight excluding hydrogens is 182 g/mol. The molecule has 1 aromatic rings. The van der Waals surface area contributed by atoms with Crippen molar-refractivity contribution in [1.29, 1.82) is 0 Å². The minimum atomic E-state index is -0.233. The van der Waals surface area contributed by atoms with Gasteiger partial charge in [-0.25, -0.2) is 4.98 Å². The van der Waals surface area contributed by atoms with Gasteiger partial charge in [0.15, 0.2) is 0 Å². The fraction of sp³-hybridized carbons (Fsp3) is 0.556. The van der Waals surface area contributed by atoms with Gasteiger partial charge in [-0.05, 0) is 0 Å². The fourth-order valence-corrected chi connectivity index (χ4v) is 1.71. The normalized spacial score (nSPS) is 20.3. The quantitative estimate of drug-likeness (QED) is 0.620. The summed E-state index contributed by atoms with van der Waals surface area (Å²) in [6.45, 7) is 0.635. The molecule has 1 aliphatic rings. The van der Waals surface area contributed by atoms with Crippen molar-refractivity contribution in [3.05, 3.63) is 17.7 Å². The first-order valence-electron chi connectivity index (χ1n) is 4.52. The Bertz CT molecular complexity index is 359. The van der Waals surface area contributed by atoms with Gasteiger partial charge in [0.05, 0.1) is 19.1 Å². The highest BCUT2D eigenvalue weighted by Crippen LogP contribution is 2.14. The molecule has 1 aromatic heterocycles. The second-order valence-corrected chi connectivity index (χ2v) is 3.41. The number of carbonyl (C=O) groups excluding carboxylic acids is 1. The fourth-order valence-electron chi connectivity index (χ4n) is 1.71. The van der Waals surface area contributed by atoms with Crippen LogP contribution in [0.4, 0.5) is 0 Å². The standard InChI is InChI=1S/C9H13N3O2/c1-12-5-11-7-4-10-6(3-8(7)12)9(13)14-2/h5-6,10H,3-4H2,1-2H3/t6-/m0/s1. The van der Waals surface area contributed by atoms with E-state index in [0.717, 1.165) is 11.4 Å². The number of carbonyl (C=O) groups is 1. The lowest BCUT2D eigenvalue weighted by atomic mass is 10.1. The minimum Gasteiger partial charge on any atom is -0.468 e. The molecule has 0 unspecified atom stereocenters. The number of hydrogen-bond donors (Lipinski definition) is 1. The van der Waals surface area contributed by atoms with E-state index in [1.165, 1.54) is 7.11 Å². The third kappa shape index (κ3) is 1.39. The summed E-state index contributed by atoms with van der Waals surface area (Å²) >= 11 is 0. The van der Waals surface area contributed by atoms with Gasteiger partial charge in [-0.3, -0.25) is 10.1 Å². The molecule has 0 amide bonds. The second kappa shape index (κ2) is 3.42. The molecule has 76 valence electrons. The van der Waals surface area contributed by atoms with Crippen LogP contribution >= 0.6 is 0 Å². The first-order chi connectivity index (χ1) is 6.72. The van der Waals surface area contributed by atoms with Crippen molar-refractivity contribution in [2.24, 2.45) is 7.05 Å². The first-order valence-corrected chi connectivity index (χ1v) is 4.52. The summed E-state index contributed by atoms with van der Waals surface area (Å²) in [5, 5.41) is 3.09. The summed E-state index contributed by atoms with van der Waals surface area (Å²) in [5.41, 5.74) is 2.13. The number of fused-ring (bicyclic) bond motifs is 1. The van der Waals surface area contributed by atoms with Crippen molar-refractivity contribution in [2.45, 2.75) is 19.0 Å². The van der Waals surface area contributed by atoms with Gasteiger partial charge >= 0.3 is 5.97 Å². The molecule has 5 heteroatoms. The number of hydrogen-bond acceptors (Lipinski definition) is 4. The van der Waals surface area contributed by atoms with Crippen molar-refractivity contribution >= 4 is 5.97 Å². The number of aromatic nitrogens is 2. The molecule has 1 atom stereocenters. The molecule has 2 heterocycles. The lowest BCUT2D eigenvalue weighted by Gasteiger charge is -2.21. The molecule has 1 aliphatic heterocycles. The number of imidazole rings is 1. The number of nitrogens with zero attached hydrogens (tertiary/aromatic N) is 2. The molecule has 1 N–H and O–H groups in total. The topological polar surface area (TPSA) is 56.1 Å². The number of ether oxygens (including phenoxy) is 1. The lowest BCUT2D eigenvalue weighted by molar-refractivity contribution is -0.143. The molecule has 0 bridgehead atoms. The summed E-state index contributed by atoms with van der Waals surface area (Å²) in [6, 6.07) is -0.233. The van der Waals surface area contributed by atoms with E-state index < -0.39 is 0 Å². The Morgan fingerprint density at radius 2 is 2.57 bits per heavy atom. The Kier molecular flexibility index (Phi) is 2.25. The summed E-state index contributed by atoms with van der Waals surface area (Å²) in [7, 11) is 3.34. The zero-order chi connectivity index (χ0) is 10.1. The lowest BCUT2D eigenvalue weighted by Crippen LogP contribution is -2.42. The van der Waals surface area contributed by atoms with Crippen LogP contribution in [0.2, 0.25) is 0 Å². The van der Waals surface area contributed by atoms with Crippen molar-refractivity contribution in [1.82, 2.24) is 14.9 Å².